The molecule has 8 nitrogen and oxygen atoms in total. The molecule has 4 aromatic rings. The van der Waals surface area contributed by atoms with Gasteiger partial charge < -0.3 is 15.4 Å². The van der Waals surface area contributed by atoms with Crippen LogP contribution in [0.2, 0.25) is 0 Å². The Hall–Kier alpha value is -4.04. The number of nitrogens with zero attached hydrogens (tertiary/aromatic N) is 5. The Morgan fingerprint density at radius 3 is 2.61 bits per heavy atom. The number of alkyl halides is 3. The van der Waals surface area contributed by atoms with Gasteiger partial charge in [-0.3, -0.25) is 4.98 Å². The Morgan fingerprint density at radius 2 is 1.95 bits per heavy atom. The standard InChI is InChI=1S/C27H24F3N7O/c1-14(15-2-5-22(32-10-15)16-7-26(38,8-16)18-3-4-18)36-25-35-11-17(9-31)23(37-25)21-13-34-24-20(21)6-19(12-33-24)27(28,29)30/h2,5-6,10-14,16,18,38H,3-4,7-8H2,1H3,(H,33,34)(H,35,36,37). The Labute approximate surface area is 216 Å². The molecule has 4 aromatic heterocycles. The average molecular weight is 520 g/mol. The first kappa shape index (κ1) is 24.3. The van der Waals surface area contributed by atoms with Crippen LogP contribution in [0.3, 0.4) is 0 Å². The molecule has 3 N–H and O–H groups in total. The number of nitriles is 1. The highest BCUT2D eigenvalue weighted by Crippen LogP contribution is 2.55. The molecule has 1 atom stereocenters. The van der Waals surface area contributed by atoms with Crippen molar-refractivity contribution in [3.8, 4) is 17.3 Å². The van der Waals surface area contributed by atoms with Crippen LogP contribution in [0.15, 0.2) is 43.0 Å². The summed E-state index contributed by atoms with van der Waals surface area (Å²) < 4.78 is 39.8. The van der Waals surface area contributed by atoms with E-state index in [4.69, 9.17) is 0 Å². The highest BCUT2D eigenvalue weighted by molar-refractivity contribution is 5.94. The predicted molar refractivity (Wildman–Crippen MR) is 133 cm³/mol. The van der Waals surface area contributed by atoms with E-state index in [1.807, 2.05) is 25.1 Å². The number of halogens is 3. The van der Waals surface area contributed by atoms with Crippen molar-refractivity contribution in [3.63, 3.8) is 0 Å². The third-order valence-corrected chi connectivity index (χ3v) is 7.63. The summed E-state index contributed by atoms with van der Waals surface area (Å²) >= 11 is 0. The number of rotatable bonds is 6. The van der Waals surface area contributed by atoms with Crippen LogP contribution < -0.4 is 5.32 Å². The second-order valence-corrected chi connectivity index (χ2v) is 10.3. The summed E-state index contributed by atoms with van der Waals surface area (Å²) in [5.74, 6) is 0.941. The normalized spacial score (nSPS) is 22.1. The number of hydrogen-bond donors (Lipinski definition) is 3. The van der Waals surface area contributed by atoms with Crippen LogP contribution in [0.5, 0.6) is 0 Å². The van der Waals surface area contributed by atoms with Crippen LogP contribution in [-0.4, -0.2) is 35.6 Å². The molecule has 194 valence electrons. The fourth-order valence-corrected chi connectivity index (χ4v) is 5.24. The molecule has 11 heteroatoms. The van der Waals surface area contributed by atoms with Crippen molar-refractivity contribution in [2.75, 3.05) is 5.32 Å². The van der Waals surface area contributed by atoms with Crippen LogP contribution in [-0.2, 0) is 6.18 Å². The fraction of sp³-hybridized carbons (Fsp3) is 0.370. The molecule has 2 saturated carbocycles. The lowest BCUT2D eigenvalue weighted by Gasteiger charge is -2.44. The molecule has 4 heterocycles. The molecule has 1 unspecified atom stereocenters. The molecular formula is C27H24F3N7O. The summed E-state index contributed by atoms with van der Waals surface area (Å²) in [6.45, 7) is 1.92. The van der Waals surface area contributed by atoms with Gasteiger partial charge in [-0.05, 0) is 56.2 Å². The van der Waals surface area contributed by atoms with E-state index in [0.717, 1.165) is 49.2 Å². The minimum Gasteiger partial charge on any atom is -0.390 e. The second-order valence-electron chi connectivity index (χ2n) is 10.3. The number of aliphatic hydroxyl groups is 1. The summed E-state index contributed by atoms with van der Waals surface area (Å²) in [5.41, 5.74) is 1.36. The van der Waals surface area contributed by atoms with Crippen molar-refractivity contribution in [1.29, 1.82) is 5.26 Å². The van der Waals surface area contributed by atoms with E-state index < -0.39 is 17.3 Å². The highest BCUT2D eigenvalue weighted by Gasteiger charge is 2.53. The van der Waals surface area contributed by atoms with E-state index in [9.17, 15) is 23.5 Å². The van der Waals surface area contributed by atoms with Gasteiger partial charge >= 0.3 is 6.18 Å². The smallest absolute Gasteiger partial charge is 0.390 e. The lowest BCUT2D eigenvalue weighted by atomic mass is 9.67. The summed E-state index contributed by atoms with van der Waals surface area (Å²) in [5, 5.41) is 23.6. The van der Waals surface area contributed by atoms with Gasteiger partial charge in [0, 0.05) is 41.2 Å². The van der Waals surface area contributed by atoms with Crippen LogP contribution in [0, 0.1) is 17.2 Å². The van der Waals surface area contributed by atoms with Gasteiger partial charge in [0.1, 0.15) is 11.7 Å². The third-order valence-electron chi connectivity index (χ3n) is 7.63. The van der Waals surface area contributed by atoms with E-state index in [2.05, 4.69) is 30.2 Å². The maximum absolute atomic E-state index is 13.3. The van der Waals surface area contributed by atoms with Crippen molar-refractivity contribution in [1.82, 2.24) is 24.9 Å². The quantitative estimate of drug-likeness (QED) is 0.307. The monoisotopic (exact) mass is 519 g/mol. The van der Waals surface area contributed by atoms with Gasteiger partial charge in [-0.2, -0.15) is 18.4 Å². The van der Waals surface area contributed by atoms with Crippen molar-refractivity contribution >= 4 is 17.0 Å². The van der Waals surface area contributed by atoms with E-state index in [0.29, 0.717) is 11.5 Å². The van der Waals surface area contributed by atoms with Gasteiger partial charge in [0.15, 0.2) is 0 Å². The van der Waals surface area contributed by atoms with Gasteiger partial charge in [-0.15, -0.1) is 0 Å². The Morgan fingerprint density at radius 1 is 1.16 bits per heavy atom. The Bertz CT molecular complexity index is 1550. The first-order chi connectivity index (χ1) is 18.1. The van der Waals surface area contributed by atoms with E-state index in [-0.39, 0.29) is 40.2 Å². The number of hydrogen-bond acceptors (Lipinski definition) is 7. The number of H-pyrrole nitrogens is 1. The molecule has 2 aliphatic carbocycles. The SMILES string of the molecule is CC(Nc1ncc(C#N)c(-c2c[nH]c3ncc(C(F)(F)F)cc23)n1)c1ccc(C2CC(O)(C3CC3)C2)nc1. The van der Waals surface area contributed by atoms with Crippen LogP contribution in [0.25, 0.3) is 22.3 Å². The maximum atomic E-state index is 13.3. The minimum atomic E-state index is -4.55. The average Bonchev–Trinajstić information content (AvgIpc) is 3.66. The maximum Gasteiger partial charge on any atom is 0.417 e. The number of fused-ring (bicyclic) bond motifs is 1. The molecule has 2 aliphatic rings. The Balaban J connectivity index is 1.22. The van der Waals surface area contributed by atoms with E-state index >= 15 is 0 Å². The molecular weight excluding hydrogens is 495 g/mol. The Kier molecular flexibility index (Phi) is 5.61. The number of anilines is 1. The fourth-order valence-electron chi connectivity index (χ4n) is 5.24. The third kappa shape index (κ3) is 4.35. The summed E-state index contributed by atoms with van der Waals surface area (Å²) in [6, 6.07) is 6.73. The van der Waals surface area contributed by atoms with E-state index in [1.54, 1.807) is 6.20 Å². The zero-order chi connectivity index (χ0) is 26.7. The van der Waals surface area contributed by atoms with Crippen molar-refractivity contribution < 1.29 is 18.3 Å². The topological polar surface area (TPSA) is 123 Å². The zero-order valence-electron chi connectivity index (χ0n) is 20.4. The first-order valence-electron chi connectivity index (χ1n) is 12.4. The number of aromatic nitrogens is 5. The van der Waals surface area contributed by atoms with E-state index in [1.165, 1.54) is 12.4 Å². The molecule has 0 aromatic carbocycles. The summed E-state index contributed by atoms with van der Waals surface area (Å²) in [7, 11) is 0. The number of pyridine rings is 2. The summed E-state index contributed by atoms with van der Waals surface area (Å²) in [4.78, 5) is 20.0. The van der Waals surface area contributed by atoms with Gasteiger partial charge in [0.05, 0.1) is 34.7 Å². The van der Waals surface area contributed by atoms with Crippen molar-refractivity contribution in [3.05, 3.63) is 65.4 Å². The van der Waals surface area contributed by atoms with Gasteiger partial charge in [0.2, 0.25) is 5.95 Å². The molecule has 2 fully saturated rings. The van der Waals surface area contributed by atoms with Gasteiger partial charge in [-0.25, -0.2) is 15.0 Å². The molecule has 6 rings (SSSR count). The molecule has 0 aliphatic heterocycles. The molecule has 0 saturated heterocycles. The second kappa shape index (κ2) is 8.77. The molecule has 0 radical (unpaired) electrons. The van der Waals surface area contributed by atoms with Gasteiger partial charge in [-0.1, -0.05) is 6.07 Å². The number of nitrogens with one attached hydrogen (secondary N) is 2. The molecule has 0 bridgehead atoms. The van der Waals surface area contributed by atoms with Gasteiger partial charge in [0.25, 0.3) is 0 Å². The highest BCUT2D eigenvalue weighted by atomic mass is 19.4. The lowest BCUT2D eigenvalue weighted by molar-refractivity contribution is -0.137. The lowest BCUT2D eigenvalue weighted by Crippen LogP contribution is -2.44. The van der Waals surface area contributed by atoms with Crippen LogP contribution in [0.1, 0.15) is 67.0 Å². The predicted octanol–water partition coefficient (Wildman–Crippen LogP) is 5.50. The van der Waals surface area contributed by atoms with Crippen LogP contribution >= 0.6 is 0 Å². The zero-order valence-corrected chi connectivity index (χ0v) is 20.4. The minimum absolute atomic E-state index is 0.124. The van der Waals surface area contributed by atoms with Crippen LogP contribution in [0.4, 0.5) is 19.1 Å². The molecule has 38 heavy (non-hydrogen) atoms. The first-order valence-corrected chi connectivity index (χ1v) is 12.4. The summed E-state index contributed by atoms with van der Waals surface area (Å²) in [6.07, 6.45) is 4.57. The largest absolute Gasteiger partial charge is 0.417 e. The number of aromatic amines is 1. The van der Waals surface area contributed by atoms with Crippen molar-refractivity contribution in [2.24, 2.45) is 5.92 Å². The molecule has 0 amide bonds. The van der Waals surface area contributed by atoms with Crippen molar-refractivity contribution in [2.45, 2.75) is 56.3 Å². The molecule has 0 spiro atoms.